The van der Waals surface area contributed by atoms with Crippen molar-refractivity contribution in [1.82, 2.24) is 4.90 Å². The van der Waals surface area contributed by atoms with E-state index in [0.717, 1.165) is 52.8 Å². The quantitative estimate of drug-likeness (QED) is 0.735. The number of hydrogen-bond acceptors (Lipinski definition) is 4. The Bertz CT molecular complexity index is 896. The minimum Gasteiger partial charge on any atom is -0.488 e. The fraction of sp³-hybridized carbons (Fsp3) is 0.435. The summed E-state index contributed by atoms with van der Waals surface area (Å²) < 4.78 is 11.5. The summed E-state index contributed by atoms with van der Waals surface area (Å²) >= 11 is 6.34. The molecule has 0 aliphatic carbocycles. The van der Waals surface area contributed by atoms with Crippen molar-refractivity contribution in [3.05, 3.63) is 63.2 Å². The molecule has 2 heterocycles. The smallest absolute Gasteiger partial charge is 0.309 e. The highest BCUT2D eigenvalue weighted by atomic mass is 35.5. The SMILES string of the molecule is Cc1cc(CN2CC(C(=O)O)C2)cc(C)c1OCc1ccc(Cl)c(C2COC2)c1. The van der Waals surface area contributed by atoms with Crippen LogP contribution < -0.4 is 4.74 Å². The highest BCUT2D eigenvalue weighted by molar-refractivity contribution is 6.31. The van der Waals surface area contributed by atoms with Gasteiger partial charge in [0, 0.05) is 30.6 Å². The van der Waals surface area contributed by atoms with Crippen molar-refractivity contribution in [3.63, 3.8) is 0 Å². The zero-order valence-electron chi connectivity index (χ0n) is 16.8. The third kappa shape index (κ3) is 4.42. The third-order valence-corrected chi connectivity index (χ3v) is 6.10. The molecule has 2 aliphatic rings. The van der Waals surface area contributed by atoms with Crippen molar-refractivity contribution in [1.29, 1.82) is 0 Å². The molecule has 2 fully saturated rings. The molecule has 1 N–H and O–H groups in total. The minimum absolute atomic E-state index is 0.226. The molecule has 2 aromatic rings. The van der Waals surface area contributed by atoms with E-state index in [1.165, 1.54) is 5.56 Å². The molecule has 0 unspecified atom stereocenters. The third-order valence-electron chi connectivity index (χ3n) is 5.75. The maximum absolute atomic E-state index is 11.0. The molecule has 6 heteroatoms. The van der Waals surface area contributed by atoms with Gasteiger partial charge in [-0.05, 0) is 47.7 Å². The first-order chi connectivity index (χ1) is 13.9. The number of carboxylic acid groups (broad SMARTS) is 1. The normalized spacial score (nSPS) is 17.6. The van der Waals surface area contributed by atoms with Crippen molar-refractivity contribution < 1.29 is 19.4 Å². The summed E-state index contributed by atoms with van der Waals surface area (Å²) in [6.45, 7) is 8.08. The molecular formula is C23H26ClNO4. The van der Waals surface area contributed by atoms with E-state index in [9.17, 15) is 4.79 Å². The fourth-order valence-electron chi connectivity index (χ4n) is 4.04. The lowest BCUT2D eigenvalue weighted by molar-refractivity contribution is -0.147. The number of carbonyl (C=O) groups is 1. The molecule has 2 aliphatic heterocycles. The van der Waals surface area contributed by atoms with E-state index in [1.807, 2.05) is 12.1 Å². The van der Waals surface area contributed by atoms with E-state index in [1.54, 1.807) is 0 Å². The molecule has 4 rings (SSSR count). The highest BCUT2D eigenvalue weighted by Gasteiger charge is 2.32. The molecule has 0 atom stereocenters. The first-order valence-electron chi connectivity index (χ1n) is 9.95. The Morgan fingerprint density at radius 3 is 2.45 bits per heavy atom. The van der Waals surface area contributed by atoms with E-state index in [0.29, 0.717) is 25.6 Å². The van der Waals surface area contributed by atoms with Crippen molar-refractivity contribution in [2.45, 2.75) is 32.9 Å². The van der Waals surface area contributed by atoms with Gasteiger partial charge in [-0.1, -0.05) is 35.9 Å². The van der Waals surface area contributed by atoms with Gasteiger partial charge >= 0.3 is 5.97 Å². The second kappa shape index (κ2) is 8.34. The lowest BCUT2D eigenvalue weighted by Gasteiger charge is -2.36. The summed E-state index contributed by atoms with van der Waals surface area (Å²) in [7, 11) is 0. The summed E-state index contributed by atoms with van der Waals surface area (Å²) in [6, 6.07) is 10.3. The predicted octanol–water partition coefficient (Wildman–Crippen LogP) is 4.17. The van der Waals surface area contributed by atoms with E-state index in [4.69, 9.17) is 26.2 Å². The second-order valence-electron chi connectivity index (χ2n) is 8.17. The summed E-state index contributed by atoms with van der Waals surface area (Å²) in [5.74, 6) is 0.361. The number of likely N-dealkylation sites (tertiary alicyclic amines) is 1. The summed E-state index contributed by atoms with van der Waals surface area (Å²) in [5.41, 5.74) is 5.61. The average Bonchev–Trinajstić information content (AvgIpc) is 2.57. The Kier molecular flexibility index (Phi) is 5.81. The summed E-state index contributed by atoms with van der Waals surface area (Å²) in [6.07, 6.45) is 0. The van der Waals surface area contributed by atoms with Crippen LogP contribution in [0.4, 0.5) is 0 Å². The van der Waals surface area contributed by atoms with Crippen molar-refractivity contribution in [2.75, 3.05) is 26.3 Å². The first-order valence-corrected chi connectivity index (χ1v) is 10.3. The van der Waals surface area contributed by atoms with Gasteiger partial charge in [-0.15, -0.1) is 0 Å². The topological polar surface area (TPSA) is 59.0 Å². The van der Waals surface area contributed by atoms with E-state index >= 15 is 0 Å². The fourth-order valence-corrected chi connectivity index (χ4v) is 4.31. The van der Waals surface area contributed by atoms with Gasteiger partial charge in [-0.2, -0.15) is 0 Å². The molecule has 0 aromatic heterocycles. The number of ether oxygens (including phenoxy) is 2. The molecule has 0 radical (unpaired) electrons. The minimum atomic E-state index is -0.701. The van der Waals surface area contributed by atoms with Crippen LogP contribution in [0.15, 0.2) is 30.3 Å². The van der Waals surface area contributed by atoms with Gasteiger partial charge in [0.1, 0.15) is 12.4 Å². The van der Waals surface area contributed by atoms with Gasteiger partial charge in [0.25, 0.3) is 0 Å². The van der Waals surface area contributed by atoms with Crippen LogP contribution in [0.1, 0.15) is 33.7 Å². The van der Waals surface area contributed by atoms with Gasteiger partial charge in [-0.3, -0.25) is 9.69 Å². The van der Waals surface area contributed by atoms with Crippen LogP contribution in [0.3, 0.4) is 0 Å². The number of hydrogen-bond donors (Lipinski definition) is 1. The Labute approximate surface area is 176 Å². The number of aliphatic carboxylic acids is 1. The van der Waals surface area contributed by atoms with Crippen LogP contribution >= 0.6 is 11.6 Å². The average molecular weight is 416 g/mol. The van der Waals surface area contributed by atoms with Gasteiger partial charge in [-0.25, -0.2) is 0 Å². The largest absolute Gasteiger partial charge is 0.488 e. The summed E-state index contributed by atoms with van der Waals surface area (Å²) in [5, 5.41) is 9.80. The maximum atomic E-state index is 11.0. The standard InChI is InChI=1S/C23H26ClNO4/c1-14-5-17(8-25-9-18(10-25)23(26)27)6-15(2)22(14)29-11-16-3-4-21(24)20(7-16)19-12-28-13-19/h3-7,18-19H,8-13H2,1-2H3,(H,26,27). The molecule has 5 nitrogen and oxygen atoms in total. The van der Waals surface area contributed by atoms with E-state index in [-0.39, 0.29) is 5.92 Å². The van der Waals surface area contributed by atoms with E-state index in [2.05, 4.69) is 36.9 Å². The van der Waals surface area contributed by atoms with Crippen molar-refractivity contribution >= 4 is 17.6 Å². The Morgan fingerprint density at radius 2 is 1.86 bits per heavy atom. The molecule has 29 heavy (non-hydrogen) atoms. The van der Waals surface area contributed by atoms with Gasteiger partial charge < -0.3 is 14.6 Å². The van der Waals surface area contributed by atoms with Crippen molar-refractivity contribution in [2.24, 2.45) is 5.92 Å². The summed E-state index contributed by atoms with van der Waals surface area (Å²) in [4.78, 5) is 13.1. The number of benzene rings is 2. The van der Waals surface area contributed by atoms with Gasteiger partial charge in [0.05, 0.1) is 19.1 Å². The molecule has 2 saturated heterocycles. The van der Waals surface area contributed by atoms with Crippen LogP contribution in [0, 0.1) is 19.8 Å². The van der Waals surface area contributed by atoms with Crippen LogP contribution in [0.25, 0.3) is 0 Å². The van der Waals surface area contributed by atoms with Crippen LogP contribution in [-0.2, 0) is 22.7 Å². The second-order valence-corrected chi connectivity index (χ2v) is 8.57. The molecule has 154 valence electrons. The molecule has 0 amide bonds. The highest BCUT2D eigenvalue weighted by Crippen LogP contribution is 2.32. The molecule has 0 spiro atoms. The van der Waals surface area contributed by atoms with Gasteiger partial charge in [0.15, 0.2) is 0 Å². The zero-order chi connectivity index (χ0) is 20.5. The predicted molar refractivity (Wildman–Crippen MR) is 112 cm³/mol. The van der Waals surface area contributed by atoms with Crippen LogP contribution in [0.5, 0.6) is 5.75 Å². The Balaban J connectivity index is 1.40. The molecule has 2 aromatic carbocycles. The number of aryl methyl sites for hydroxylation is 2. The molecule has 0 saturated carbocycles. The number of rotatable bonds is 7. The van der Waals surface area contributed by atoms with Crippen molar-refractivity contribution in [3.8, 4) is 5.75 Å². The molecule has 0 bridgehead atoms. The zero-order valence-corrected chi connectivity index (χ0v) is 17.5. The Morgan fingerprint density at radius 1 is 1.17 bits per heavy atom. The van der Waals surface area contributed by atoms with Crippen LogP contribution in [0.2, 0.25) is 5.02 Å². The first kappa shape index (κ1) is 20.2. The lowest BCUT2D eigenvalue weighted by atomic mass is 9.96. The number of carboxylic acids is 1. The monoisotopic (exact) mass is 415 g/mol. The number of nitrogens with zero attached hydrogens (tertiary/aromatic N) is 1. The lowest BCUT2D eigenvalue weighted by Crippen LogP contribution is -2.49. The van der Waals surface area contributed by atoms with E-state index < -0.39 is 5.97 Å². The number of halogens is 1. The maximum Gasteiger partial charge on any atom is 0.309 e. The molecular weight excluding hydrogens is 390 g/mol. The Hall–Kier alpha value is -2.08. The van der Waals surface area contributed by atoms with Gasteiger partial charge in [0.2, 0.25) is 0 Å². The van der Waals surface area contributed by atoms with Crippen LogP contribution in [-0.4, -0.2) is 42.3 Å².